The average molecular weight is 906 g/mol. The van der Waals surface area contributed by atoms with E-state index in [1.165, 1.54) is 26.0 Å². The van der Waals surface area contributed by atoms with E-state index in [9.17, 15) is 43.2 Å². The molecule has 0 atom stereocenters. The number of rotatable bonds is 20. The summed E-state index contributed by atoms with van der Waals surface area (Å²) in [7, 11) is 0. The molecule has 0 saturated carbocycles. The molecule has 3 amide bonds. The van der Waals surface area contributed by atoms with Gasteiger partial charge < -0.3 is 26.2 Å². The third-order valence-corrected chi connectivity index (χ3v) is 9.35. The Morgan fingerprint density at radius 2 is 0.985 bits per heavy atom. The molecule has 0 aromatic heterocycles. The molecular formula is C51H75N3O11. The van der Waals surface area contributed by atoms with Crippen LogP contribution in [0.4, 0.5) is 0 Å². The third-order valence-electron chi connectivity index (χ3n) is 9.35. The van der Waals surface area contributed by atoms with Crippen LogP contribution in [0.2, 0.25) is 0 Å². The Balaban J connectivity index is 0. The molecule has 14 heteroatoms. The SMILES string of the molecule is CC(=O)NCC(=O)C(C)C.CC(=O)NCCC(=O)C(C)C.CC(C)C(=O)CCCCCNC(=O)c1cccc2ccccc12.CC(C)C(=O)CO.CC(C)C(=O)c1ccc(C(=O)O)cc1. The van der Waals surface area contributed by atoms with Crippen LogP contribution in [0.5, 0.6) is 0 Å². The van der Waals surface area contributed by atoms with Gasteiger partial charge in [0.15, 0.2) is 17.3 Å². The number of carbonyl (C=O) groups is 9. The van der Waals surface area contributed by atoms with E-state index in [0.717, 1.165) is 35.6 Å². The Morgan fingerprint density at radius 3 is 1.45 bits per heavy atom. The van der Waals surface area contributed by atoms with E-state index in [1.54, 1.807) is 26.0 Å². The minimum atomic E-state index is -0.978. The summed E-state index contributed by atoms with van der Waals surface area (Å²) in [6.45, 7) is 22.2. The second kappa shape index (κ2) is 34.5. The number of aromatic carboxylic acids is 1. The summed E-state index contributed by atoms with van der Waals surface area (Å²) in [5, 5.41) is 26.8. The average Bonchev–Trinajstić information content (AvgIpc) is 3.26. The van der Waals surface area contributed by atoms with Crippen LogP contribution in [0.25, 0.3) is 10.8 Å². The first-order valence-corrected chi connectivity index (χ1v) is 22.2. The summed E-state index contributed by atoms with van der Waals surface area (Å²) in [5.74, 6) is -0.614. The maximum atomic E-state index is 12.3. The summed E-state index contributed by atoms with van der Waals surface area (Å²) >= 11 is 0. The number of hydrogen-bond donors (Lipinski definition) is 5. The zero-order valence-corrected chi connectivity index (χ0v) is 40.7. The molecule has 14 nitrogen and oxygen atoms in total. The van der Waals surface area contributed by atoms with E-state index in [-0.39, 0.29) is 89.2 Å². The molecule has 0 aliphatic heterocycles. The number of carboxylic acid groups (broad SMARTS) is 1. The smallest absolute Gasteiger partial charge is 0.335 e. The molecule has 0 aliphatic carbocycles. The highest BCUT2D eigenvalue weighted by Gasteiger charge is 2.12. The number of carbonyl (C=O) groups excluding carboxylic acids is 8. The number of fused-ring (bicyclic) bond motifs is 1. The maximum absolute atomic E-state index is 12.3. The van der Waals surface area contributed by atoms with Gasteiger partial charge in [-0.2, -0.15) is 0 Å². The van der Waals surface area contributed by atoms with Crippen LogP contribution in [0, 0.1) is 29.6 Å². The van der Waals surface area contributed by atoms with Gasteiger partial charge in [0.1, 0.15) is 18.2 Å². The van der Waals surface area contributed by atoms with Crippen molar-refractivity contribution >= 4 is 63.4 Å². The van der Waals surface area contributed by atoms with Crippen LogP contribution in [-0.4, -0.2) is 89.1 Å². The quantitative estimate of drug-likeness (QED) is 0.0541. The van der Waals surface area contributed by atoms with Crippen molar-refractivity contribution in [2.75, 3.05) is 26.2 Å². The van der Waals surface area contributed by atoms with Gasteiger partial charge in [0.25, 0.3) is 5.91 Å². The molecule has 3 aromatic carbocycles. The number of unbranched alkanes of at least 4 members (excludes halogenated alkanes) is 2. The standard InChI is InChI=1S/C20H25NO2.C11H12O3.C8H15NO2.C7H13NO2.C5H10O2/c1-15(2)19(22)13-4-3-7-14-21-20(23)18-12-8-10-16-9-5-6-11-17(16)18;1-7(2)10(12)8-3-5-9(6-4-8)11(13)14;1-6(2)8(11)4-5-9-7(3)10;1-5(2)7(10)4-8-6(3)9;1-4(2)5(7)3-6/h5-6,8-12,15H,3-4,7,13-14H2,1-2H3,(H,21,23);3-7H,1-2H3,(H,13,14);6H,4-5H2,1-3H3,(H,9,10);5H,4H2,1-3H3,(H,8,9);4,6H,3H2,1-2H3. The maximum Gasteiger partial charge on any atom is 0.335 e. The first kappa shape index (κ1) is 61.2. The summed E-state index contributed by atoms with van der Waals surface area (Å²) in [5.41, 5.74) is 1.48. The number of nitrogens with one attached hydrogen (secondary N) is 3. The van der Waals surface area contributed by atoms with Gasteiger partial charge in [-0.3, -0.25) is 38.4 Å². The normalized spacial score (nSPS) is 10.2. The summed E-state index contributed by atoms with van der Waals surface area (Å²) in [6.07, 6.45) is 3.86. The van der Waals surface area contributed by atoms with Gasteiger partial charge in [-0.1, -0.05) is 124 Å². The number of hydrogen-bond acceptors (Lipinski definition) is 10. The second-order valence-electron chi connectivity index (χ2n) is 16.8. The Morgan fingerprint density at radius 1 is 0.492 bits per heavy atom. The number of amides is 3. The Labute approximate surface area is 386 Å². The van der Waals surface area contributed by atoms with E-state index in [0.29, 0.717) is 37.3 Å². The lowest BCUT2D eigenvalue weighted by Crippen LogP contribution is -2.29. The van der Waals surface area contributed by atoms with E-state index < -0.39 is 5.97 Å². The molecule has 0 fully saturated rings. The first-order chi connectivity index (χ1) is 30.4. The minimum absolute atomic E-state index is 0.00634. The molecule has 0 spiro atoms. The molecular weight excluding hydrogens is 831 g/mol. The lowest BCUT2D eigenvalue weighted by molar-refractivity contribution is -0.125. The number of ketones is 5. The number of carboxylic acids is 1. The van der Waals surface area contributed by atoms with Gasteiger partial charge >= 0.3 is 5.97 Å². The molecule has 0 heterocycles. The van der Waals surface area contributed by atoms with Crippen molar-refractivity contribution in [2.24, 2.45) is 29.6 Å². The number of Topliss-reactive ketones (excluding diaryl/α,β-unsaturated/α-hetero) is 5. The van der Waals surface area contributed by atoms with Crippen molar-refractivity contribution < 1.29 is 53.4 Å². The van der Waals surface area contributed by atoms with Crippen LogP contribution >= 0.6 is 0 Å². The van der Waals surface area contributed by atoms with Crippen molar-refractivity contribution in [2.45, 2.75) is 115 Å². The molecule has 0 saturated heterocycles. The fourth-order valence-electron chi connectivity index (χ4n) is 4.97. The zero-order chi connectivity index (χ0) is 50.2. The fraction of sp³-hybridized carbons (Fsp3) is 0.510. The molecule has 3 rings (SSSR count). The first-order valence-electron chi connectivity index (χ1n) is 22.2. The van der Waals surface area contributed by atoms with Gasteiger partial charge in [0.05, 0.1) is 12.1 Å². The molecule has 3 aromatic rings. The zero-order valence-electron chi connectivity index (χ0n) is 40.7. The van der Waals surface area contributed by atoms with Crippen molar-refractivity contribution in [1.29, 1.82) is 0 Å². The predicted octanol–water partition coefficient (Wildman–Crippen LogP) is 7.87. The molecule has 5 N–H and O–H groups in total. The van der Waals surface area contributed by atoms with Crippen LogP contribution in [0.1, 0.15) is 146 Å². The van der Waals surface area contributed by atoms with Gasteiger partial charge in [0.2, 0.25) is 11.8 Å². The van der Waals surface area contributed by atoms with Gasteiger partial charge in [0, 0.05) is 80.5 Å². The van der Waals surface area contributed by atoms with Crippen molar-refractivity contribution in [1.82, 2.24) is 16.0 Å². The number of benzene rings is 3. The van der Waals surface area contributed by atoms with Crippen LogP contribution in [0.15, 0.2) is 66.7 Å². The van der Waals surface area contributed by atoms with Crippen molar-refractivity contribution in [3.05, 3.63) is 83.4 Å². The molecule has 0 bridgehead atoms. The van der Waals surface area contributed by atoms with Gasteiger partial charge in [-0.15, -0.1) is 0 Å². The van der Waals surface area contributed by atoms with E-state index in [1.807, 2.05) is 97.9 Å². The Bertz CT molecular complexity index is 1960. The van der Waals surface area contributed by atoms with Crippen LogP contribution in [-0.2, 0) is 28.8 Å². The fourth-order valence-corrected chi connectivity index (χ4v) is 4.97. The predicted molar refractivity (Wildman–Crippen MR) is 256 cm³/mol. The lowest BCUT2D eigenvalue weighted by Gasteiger charge is -2.08. The highest BCUT2D eigenvalue weighted by molar-refractivity contribution is 6.07. The Hall–Kier alpha value is -5.89. The molecule has 0 radical (unpaired) electrons. The van der Waals surface area contributed by atoms with E-state index in [4.69, 9.17) is 10.2 Å². The monoisotopic (exact) mass is 906 g/mol. The lowest BCUT2D eigenvalue weighted by atomic mass is 10.0. The van der Waals surface area contributed by atoms with E-state index >= 15 is 0 Å². The minimum Gasteiger partial charge on any atom is -0.478 e. The molecule has 0 unspecified atom stereocenters. The van der Waals surface area contributed by atoms with Gasteiger partial charge in [-0.25, -0.2) is 4.79 Å². The second-order valence-corrected chi connectivity index (χ2v) is 16.8. The highest BCUT2D eigenvalue weighted by atomic mass is 16.4. The number of aliphatic hydroxyl groups is 1. The highest BCUT2D eigenvalue weighted by Crippen LogP contribution is 2.18. The third kappa shape index (κ3) is 29.2. The molecule has 65 heavy (non-hydrogen) atoms. The van der Waals surface area contributed by atoms with E-state index in [2.05, 4.69) is 16.0 Å². The largest absolute Gasteiger partial charge is 0.478 e. The number of aliphatic hydroxyl groups excluding tert-OH is 1. The van der Waals surface area contributed by atoms with Crippen molar-refractivity contribution in [3.8, 4) is 0 Å². The summed E-state index contributed by atoms with van der Waals surface area (Å²) in [6, 6.07) is 19.7. The topological polar surface area (TPSA) is 230 Å². The van der Waals surface area contributed by atoms with Crippen LogP contribution < -0.4 is 16.0 Å². The van der Waals surface area contributed by atoms with Crippen molar-refractivity contribution in [3.63, 3.8) is 0 Å². The molecule has 360 valence electrons. The van der Waals surface area contributed by atoms with Gasteiger partial charge in [-0.05, 0) is 41.8 Å². The van der Waals surface area contributed by atoms with Crippen LogP contribution in [0.3, 0.4) is 0 Å². The summed E-state index contributed by atoms with van der Waals surface area (Å²) in [4.78, 5) is 98.6. The molecule has 0 aliphatic rings. The summed E-state index contributed by atoms with van der Waals surface area (Å²) < 4.78 is 0. The Kier molecular flexibility index (Phi) is 32.5.